The maximum atomic E-state index is 12.7. The van der Waals surface area contributed by atoms with Gasteiger partial charge in [-0.05, 0) is 55.8 Å². The van der Waals surface area contributed by atoms with Crippen LogP contribution in [0.15, 0.2) is 50.7 Å². The summed E-state index contributed by atoms with van der Waals surface area (Å²) in [6, 6.07) is 11.2. The van der Waals surface area contributed by atoms with Crippen molar-refractivity contribution < 1.29 is 9.21 Å². The molecule has 1 aromatic carbocycles. The van der Waals surface area contributed by atoms with Gasteiger partial charge in [-0.2, -0.15) is 0 Å². The summed E-state index contributed by atoms with van der Waals surface area (Å²) < 4.78 is 5.92. The second kappa shape index (κ2) is 7.82. The molecule has 0 unspecified atom stereocenters. The van der Waals surface area contributed by atoms with E-state index < -0.39 is 0 Å². The number of hydrogen-bond acceptors (Lipinski definition) is 5. The number of hydrogen-bond donors (Lipinski definition) is 0. The molecule has 3 heterocycles. The fourth-order valence-electron chi connectivity index (χ4n) is 3.18. The average Bonchev–Trinajstić information content (AvgIpc) is 3.37. The molecule has 1 amide bonds. The normalized spacial score (nSPS) is 20.4. The standard InChI is InChI=1S/C20H20ClN3O2S/c1-2-24-19(25)17(27-20(24)22-15-7-5-6-14(21)12-15)13-16-8-9-18(26-16)23-10-3-4-11-23/h5-9,12-13H,2-4,10-11H2,1H3/b17-13+,22-20?. The minimum absolute atomic E-state index is 0.0533. The number of nitrogens with zero attached hydrogens (tertiary/aromatic N) is 3. The Labute approximate surface area is 167 Å². The van der Waals surface area contributed by atoms with E-state index in [1.165, 1.54) is 24.6 Å². The largest absolute Gasteiger partial charge is 0.441 e. The first-order chi connectivity index (χ1) is 13.1. The van der Waals surface area contributed by atoms with Crippen molar-refractivity contribution in [1.82, 2.24) is 4.90 Å². The molecule has 7 heteroatoms. The summed E-state index contributed by atoms with van der Waals surface area (Å²) in [6.45, 7) is 4.54. The van der Waals surface area contributed by atoms with Gasteiger partial charge >= 0.3 is 0 Å². The first-order valence-corrected chi connectivity index (χ1v) is 10.2. The zero-order valence-corrected chi connectivity index (χ0v) is 16.6. The molecule has 2 aromatic rings. The summed E-state index contributed by atoms with van der Waals surface area (Å²) in [4.78, 5) is 21.9. The van der Waals surface area contributed by atoms with Gasteiger partial charge in [0.1, 0.15) is 5.76 Å². The topological polar surface area (TPSA) is 49.1 Å². The zero-order valence-electron chi connectivity index (χ0n) is 15.0. The van der Waals surface area contributed by atoms with Gasteiger partial charge in [-0.1, -0.05) is 17.7 Å². The highest BCUT2D eigenvalue weighted by Crippen LogP contribution is 2.35. The highest BCUT2D eigenvalue weighted by Gasteiger charge is 2.32. The summed E-state index contributed by atoms with van der Waals surface area (Å²) in [7, 11) is 0. The minimum atomic E-state index is -0.0533. The van der Waals surface area contributed by atoms with Crippen LogP contribution >= 0.6 is 23.4 Å². The maximum Gasteiger partial charge on any atom is 0.266 e. The molecule has 4 rings (SSSR count). The number of anilines is 1. The number of amidine groups is 1. The Bertz CT molecular complexity index is 915. The van der Waals surface area contributed by atoms with E-state index in [0.717, 1.165) is 24.7 Å². The van der Waals surface area contributed by atoms with Crippen LogP contribution in [0.2, 0.25) is 5.02 Å². The van der Waals surface area contributed by atoms with Crippen molar-refractivity contribution in [3.05, 3.63) is 52.1 Å². The van der Waals surface area contributed by atoms with Gasteiger partial charge in [0, 0.05) is 36.8 Å². The molecule has 0 N–H and O–H groups in total. The van der Waals surface area contributed by atoms with Crippen molar-refractivity contribution in [3.63, 3.8) is 0 Å². The Balaban J connectivity index is 1.58. The van der Waals surface area contributed by atoms with Crippen LogP contribution in [0, 0.1) is 0 Å². The lowest BCUT2D eigenvalue weighted by molar-refractivity contribution is -0.122. The molecule has 0 aliphatic carbocycles. The van der Waals surface area contributed by atoms with Crippen molar-refractivity contribution in [1.29, 1.82) is 0 Å². The predicted molar refractivity (Wildman–Crippen MR) is 112 cm³/mol. The quantitative estimate of drug-likeness (QED) is 0.664. The molecule has 0 atom stereocenters. The molecule has 0 bridgehead atoms. The molecule has 2 fully saturated rings. The van der Waals surface area contributed by atoms with Crippen molar-refractivity contribution in [2.75, 3.05) is 24.5 Å². The maximum absolute atomic E-state index is 12.7. The predicted octanol–water partition coefficient (Wildman–Crippen LogP) is 5.16. The van der Waals surface area contributed by atoms with Crippen LogP contribution in [-0.2, 0) is 4.79 Å². The van der Waals surface area contributed by atoms with E-state index in [1.807, 2.05) is 31.2 Å². The molecule has 0 radical (unpaired) electrons. The van der Waals surface area contributed by atoms with Crippen LogP contribution in [0.1, 0.15) is 25.5 Å². The van der Waals surface area contributed by atoms with Gasteiger partial charge in [0.05, 0.1) is 10.6 Å². The zero-order chi connectivity index (χ0) is 18.8. The van der Waals surface area contributed by atoms with Gasteiger partial charge < -0.3 is 9.32 Å². The number of thioether (sulfide) groups is 1. The Morgan fingerprint density at radius 1 is 1.26 bits per heavy atom. The lowest BCUT2D eigenvalue weighted by atomic mass is 10.3. The number of furan rings is 1. The number of rotatable bonds is 4. The van der Waals surface area contributed by atoms with Gasteiger partial charge in [-0.25, -0.2) is 4.99 Å². The number of halogens is 1. The first-order valence-electron chi connectivity index (χ1n) is 9.04. The molecule has 1 aromatic heterocycles. The highest BCUT2D eigenvalue weighted by atomic mass is 35.5. The minimum Gasteiger partial charge on any atom is -0.441 e. The third kappa shape index (κ3) is 3.92. The van der Waals surface area contributed by atoms with Gasteiger partial charge in [-0.15, -0.1) is 0 Å². The van der Waals surface area contributed by atoms with Crippen molar-refractivity contribution in [2.45, 2.75) is 19.8 Å². The Morgan fingerprint density at radius 3 is 2.81 bits per heavy atom. The van der Waals surface area contributed by atoms with E-state index >= 15 is 0 Å². The third-order valence-electron chi connectivity index (χ3n) is 4.54. The Kier molecular flexibility index (Phi) is 5.27. The summed E-state index contributed by atoms with van der Waals surface area (Å²) in [5, 5.41) is 1.28. The monoisotopic (exact) mass is 401 g/mol. The summed E-state index contributed by atoms with van der Waals surface area (Å²) in [5.74, 6) is 1.50. The number of amides is 1. The Hall–Kier alpha value is -2.18. The Morgan fingerprint density at radius 2 is 2.07 bits per heavy atom. The van der Waals surface area contributed by atoms with Gasteiger partial charge in [0.15, 0.2) is 11.1 Å². The van der Waals surface area contributed by atoms with Crippen LogP contribution in [0.25, 0.3) is 6.08 Å². The lowest BCUT2D eigenvalue weighted by Gasteiger charge is -2.12. The van der Waals surface area contributed by atoms with Crippen molar-refractivity contribution >= 4 is 52.1 Å². The van der Waals surface area contributed by atoms with Gasteiger partial charge in [0.2, 0.25) is 0 Å². The number of carbonyl (C=O) groups is 1. The second-order valence-corrected chi connectivity index (χ2v) is 7.85. The summed E-state index contributed by atoms with van der Waals surface area (Å²) in [5.41, 5.74) is 0.729. The summed E-state index contributed by atoms with van der Waals surface area (Å²) in [6.07, 6.45) is 4.19. The second-order valence-electron chi connectivity index (χ2n) is 6.40. The van der Waals surface area contributed by atoms with E-state index in [4.69, 9.17) is 16.0 Å². The third-order valence-corrected chi connectivity index (χ3v) is 5.78. The highest BCUT2D eigenvalue weighted by molar-refractivity contribution is 8.18. The average molecular weight is 402 g/mol. The number of aliphatic imine (C=N–C) groups is 1. The molecule has 2 aliphatic heterocycles. The SMILES string of the molecule is CCN1C(=O)/C(=C\c2ccc(N3CCCC3)o2)SC1=Nc1cccc(Cl)c1. The smallest absolute Gasteiger partial charge is 0.266 e. The molecular formula is C20H20ClN3O2S. The molecular weight excluding hydrogens is 382 g/mol. The van der Waals surface area contributed by atoms with Crippen LogP contribution < -0.4 is 4.90 Å². The van der Waals surface area contributed by atoms with Gasteiger partial charge in [-0.3, -0.25) is 9.69 Å². The molecule has 140 valence electrons. The molecule has 0 saturated carbocycles. The molecule has 5 nitrogen and oxygen atoms in total. The van der Waals surface area contributed by atoms with E-state index in [9.17, 15) is 4.79 Å². The van der Waals surface area contributed by atoms with Crippen LogP contribution in [0.3, 0.4) is 0 Å². The van der Waals surface area contributed by atoms with E-state index in [2.05, 4.69) is 9.89 Å². The van der Waals surface area contributed by atoms with Crippen molar-refractivity contribution in [2.24, 2.45) is 4.99 Å². The fraction of sp³-hybridized carbons (Fsp3) is 0.300. The van der Waals surface area contributed by atoms with E-state index in [-0.39, 0.29) is 5.91 Å². The van der Waals surface area contributed by atoms with Gasteiger partial charge in [0.25, 0.3) is 5.91 Å². The molecule has 27 heavy (non-hydrogen) atoms. The molecule has 0 spiro atoms. The first kappa shape index (κ1) is 18.2. The van der Waals surface area contributed by atoms with Crippen LogP contribution in [0.4, 0.5) is 11.6 Å². The number of carbonyl (C=O) groups excluding carboxylic acids is 1. The summed E-state index contributed by atoms with van der Waals surface area (Å²) >= 11 is 7.40. The van der Waals surface area contributed by atoms with E-state index in [0.29, 0.717) is 27.4 Å². The lowest BCUT2D eigenvalue weighted by Crippen LogP contribution is -2.28. The number of benzene rings is 1. The number of likely N-dealkylation sites (N-methyl/N-ethyl adjacent to an activating group) is 1. The van der Waals surface area contributed by atoms with Crippen LogP contribution in [-0.4, -0.2) is 35.6 Å². The van der Waals surface area contributed by atoms with Crippen LogP contribution in [0.5, 0.6) is 0 Å². The fourth-order valence-corrected chi connectivity index (χ4v) is 4.41. The molecule has 2 saturated heterocycles. The van der Waals surface area contributed by atoms with Crippen molar-refractivity contribution in [3.8, 4) is 0 Å². The molecule has 2 aliphatic rings. The van der Waals surface area contributed by atoms with E-state index in [1.54, 1.807) is 23.1 Å².